The highest BCUT2D eigenvalue weighted by Crippen LogP contribution is 2.16. The van der Waals surface area contributed by atoms with Crippen molar-refractivity contribution in [3.05, 3.63) is 29.3 Å². The minimum atomic E-state index is 0.744. The predicted molar refractivity (Wildman–Crippen MR) is 67.8 cm³/mol. The molecule has 0 fully saturated rings. The van der Waals surface area contributed by atoms with Gasteiger partial charge < -0.3 is 10.5 Å². The van der Waals surface area contributed by atoms with E-state index in [1.807, 2.05) is 17.8 Å². The zero-order valence-corrected chi connectivity index (χ0v) is 10.3. The van der Waals surface area contributed by atoms with Crippen LogP contribution in [0.15, 0.2) is 18.2 Å². The lowest BCUT2D eigenvalue weighted by atomic mass is 10.1. The van der Waals surface area contributed by atoms with Crippen LogP contribution in [0.4, 0.5) is 0 Å². The molecule has 0 atom stereocenters. The second-order valence-corrected chi connectivity index (χ2v) is 4.72. The molecule has 0 radical (unpaired) electrons. The molecule has 0 amide bonds. The molecule has 3 heteroatoms. The Balaban J connectivity index is 2.28. The van der Waals surface area contributed by atoms with Gasteiger partial charge in [0, 0.05) is 18.1 Å². The largest absolute Gasteiger partial charge is 0.493 e. The van der Waals surface area contributed by atoms with E-state index in [-0.39, 0.29) is 0 Å². The number of aryl methyl sites for hydroxylation is 2. The van der Waals surface area contributed by atoms with Gasteiger partial charge in [0.15, 0.2) is 0 Å². The molecular weight excluding hydrogens is 206 g/mol. The fourth-order valence-corrected chi connectivity index (χ4v) is 1.78. The molecule has 1 aromatic carbocycles. The summed E-state index contributed by atoms with van der Waals surface area (Å²) in [6, 6.07) is 6.20. The lowest BCUT2D eigenvalue weighted by Gasteiger charge is -2.07. The Kier molecular flexibility index (Phi) is 5.58. The van der Waals surface area contributed by atoms with Gasteiger partial charge >= 0.3 is 0 Å². The van der Waals surface area contributed by atoms with E-state index in [9.17, 15) is 0 Å². The second-order valence-electron chi connectivity index (χ2n) is 3.50. The van der Waals surface area contributed by atoms with E-state index >= 15 is 0 Å². The van der Waals surface area contributed by atoms with Crippen LogP contribution < -0.4 is 10.5 Å². The van der Waals surface area contributed by atoms with Crippen molar-refractivity contribution in [3.63, 3.8) is 0 Å². The standard InChI is InChI=1S/C12H19NOS/c1-10-3-4-12(9-11(10)2)14-6-8-15-7-5-13/h3-4,9H,5-8,13H2,1-2H3. The van der Waals surface area contributed by atoms with Gasteiger partial charge in [-0.05, 0) is 37.1 Å². The van der Waals surface area contributed by atoms with Crippen molar-refractivity contribution in [3.8, 4) is 5.75 Å². The summed E-state index contributed by atoms with van der Waals surface area (Å²) in [6.45, 7) is 5.71. The summed E-state index contributed by atoms with van der Waals surface area (Å²) < 4.78 is 5.63. The van der Waals surface area contributed by atoms with Gasteiger partial charge in [0.2, 0.25) is 0 Å². The number of benzene rings is 1. The third kappa shape index (κ3) is 4.58. The maximum absolute atomic E-state index is 5.63. The minimum absolute atomic E-state index is 0.744. The van der Waals surface area contributed by atoms with Crippen molar-refractivity contribution in [2.75, 3.05) is 24.7 Å². The number of thioether (sulfide) groups is 1. The van der Waals surface area contributed by atoms with Crippen LogP contribution in [0.5, 0.6) is 5.75 Å². The summed E-state index contributed by atoms with van der Waals surface area (Å²) in [6.07, 6.45) is 0. The first kappa shape index (κ1) is 12.4. The average molecular weight is 225 g/mol. The van der Waals surface area contributed by atoms with E-state index in [1.54, 1.807) is 0 Å². The molecule has 0 bridgehead atoms. The Morgan fingerprint density at radius 2 is 2.00 bits per heavy atom. The van der Waals surface area contributed by atoms with Gasteiger partial charge in [-0.2, -0.15) is 11.8 Å². The summed E-state index contributed by atoms with van der Waals surface area (Å²) in [7, 11) is 0. The van der Waals surface area contributed by atoms with Crippen molar-refractivity contribution in [2.24, 2.45) is 5.73 Å². The van der Waals surface area contributed by atoms with Crippen molar-refractivity contribution in [1.29, 1.82) is 0 Å². The Bertz CT molecular complexity index is 302. The van der Waals surface area contributed by atoms with Crippen molar-refractivity contribution >= 4 is 11.8 Å². The fourth-order valence-electron chi connectivity index (χ4n) is 1.21. The van der Waals surface area contributed by atoms with E-state index in [2.05, 4.69) is 26.0 Å². The number of nitrogens with two attached hydrogens (primary N) is 1. The van der Waals surface area contributed by atoms with Gasteiger partial charge in [-0.15, -0.1) is 0 Å². The lowest BCUT2D eigenvalue weighted by molar-refractivity contribution is 0.343. The zero-order valence-electron chi connectivity index (χ0n) is 9.45. The molecule has 0 unspecified atom stereocenters. The van der Waals surface area contributed by atoms with E-state index in [4.69, 9.17) is 10.5 Å². The van der Waals surface area contributed by atoms with Gasteiger partial charge in [0.25, 0.3) is 0 Å². The first-order valence-electron chi connectivity index (χ1n) is 5.22. The van der Waals surface area contributed by atoms with E-state index in [0.29, 0.717) is 0 Å². The predicted octanol–water partition coefficient (Wildman–Crippen LogP) is 2.37. The number of hydrogen-bond donors (Lipinski definition) is 1. The summed E-state index contributed by atoms with van der Waals surface area (Å²) >= 11 is 1.83. The Morgan fingerprint density at radius 3 is 2.67 bits per heavy atom. The summed E-state index contributed by atoms with van der Waals surface area (Å²) in [5.41, 5.74) is 7.98. The summed E-state index contributed by atoms with van der Waals surface area (Å²) in [5, 5.41) is 0. The van der Waals surface area contributed by atoms with Gasteiger partial charge in [0.1, 0.15) is 5.75 Å². The van der Waals surface area contributed by atoms with E-state index < -0.39 is 0 Å². The normalized spacial score (nSPS) is 10.3. The monoisotopic (exact) mass is 225 g/mol. The van der Waals surface area contributed by atoms with E-state index in [0.717, 1.165) is 30.4 Å². The maximum atomic E-state index is 5.63. The van der Waals surface area contributed by atoms with Crippen molar-refractivity contribution < 1.29 is 4.74 Å². The summed E-state index contributed by atoms with van der Waals surface area (Å²) in [5.74, 6) is 2.98. The third-order valence-electron chi connectivity index (χ3n) is 2.24. The molecule has 0 saturated heterocycles. The van der Waals surface area contributed by atoms with Gasteiger partial charge in [-0.3, -0.25) is 0 Å². The fraction of sp³-hybridized carbons (Fsp3) is 0.500. The van der Waals surface area contributed by atoms with Crippen molar-refractivity contribution in [2.45, 2.75) is 13.8 Å². The molecule has 0 aromatic heterocycles. The van der Waals surface area contributed by atoms with Crippen LogP contribution in [0, 0.1) is 13.8 Å². The van der Waals surface area contributed by atoms with Gasteiger partial charge in [0.05, 0.1) is 6.61 Å². The Morgan fingerprint density at radius 1 is 1.20 bits per heavy atom. The lowest BCUT2D eigenvalue weighted by Crippen LogP contribution is -2.05. The molecule has 0 heterocycles. The number of ether oxygens (including phenoxy) is 1. The molecule has 2 N–H and O–H groups in total. The highest BCUT2D eigenvalue weighted by molar-refractivity contribution is 7.99. The molecule has 1 rings (SSSR count). The van der Waals surface area contributed by atoms with Crippen LogP contribution in [-0.4, -0.2) is 24.7 Å². The zero-order chi connectivity index (χ0) is 11.1. The Hall–Kier alpha value is -0.670. The van der Waals surface area contributed by atoms with Crippen LogP contribution in [-0.2, 0) is 0 Å². The first-order valence-corrected chi connectivity index (χ1v) is 6.37. The molecule has 0 aliphatic heterocycles. The second kappa shape index (κ2) is 6.75. The van der Waals surface area contributed by atoms with Crippen LogP contribution in [0.1, 0.15) is 11.1 Å². The van der Waals surface area contributed by atoms with Crippen LogP contribution in [0.2, 0.25) is 0 Å². The molecule has 15 heavy (non-hydrogen) atoms. The maximum Gasteiger partial charge on any atom is 0.119 e. The first-order chi connectivity index (χ1) is 7.24. The average Bonchev–Trinajstić information content (AvgIpc) is 2.23. The SMILES string of the molecule is Cc1ccc(OCCSCCN)cc1C. The molecule has 84 valence electrons. The molecule has 0 aliphatic carbocycles. The van der Waals surface area contributed by atoms with E-state index in [1.165, 1.54) is 11.1 Å². The highest BCUT2D eigenvalue weighted by atomic mass is 32.2. The molecular formula is C12H19NOS. The Labute approximate surface area is 96.2 Å². The highest BCUT2D eigenvalue weighted by Gasteiger charge is 1.96. The molecule has 0 aliphatic rings. The van der Waals surface area contributed by atoms with Crippen LogP contribution in [0.25, 0.3) is 0 Å². The van der Waals surface area contributed by atoms with Gasteiger partial charge in [-0.1, -0.05) is 6.07 Å². The minimum Gasteiger partial charge on any atom is -0.493 e. The summed E-state index contributed by atoms with van der Waals surface area (Å²) in [4.78, 5) is 0. The van der Waals surface area contributed by atoms with Gasteiger partial charge in [-0.25, -0.2) is 0 Å². The number of rotatable bonds is 6. The van der Waals surface area contributed by atoms with Crippen LogP contribution >= 0.6 is 11.8 Å². The molecule has 2 nitrogen and oxygen atoms in total. The molecule has 0 spiro atoms. The smallest absolute Gasteiger partial charge is 0.119 e. The molecule has 1 aromatic rings. The quantitative estimate of drug-likeness (QED) is 0.755. The topological polar surface area (TPSA) is 35.2 Å². The van der Waals surface area contributed by atoms with Crippen LogP contribution in [0.3, 0.4) is 0 Å². The third-order valence-corrected chi connectivity index (χ3v) is 3.22. The number of hydrogen-bond acceptors (Lipinski definition) is 3. The van der Waals surface area contributed by atoms with Crippen molar-refractivity contribution in [1.82, 2.24) is 0 Å². The molecule has 0 saturated carbocycles.